The zero-order chi connectivity index (χ0) is 16.8. The van der Waals surface area contributed by atoms with Gasteiger partial charge in [0.15, 0.2) is 17.9 Å². The molecular formula is C19H22F2O2. The van der Waals surface area contributed by atoms with E-state index in [2.05, 4.69) is 26.8 Å². The summed E-state index contributed by atoms with van der Waals surface area (Å²) in [7, 11) is 0. The summed E-state index contributed by atoms with van der Waals surface area (Å²) in [5.74, 6) is -1.41. The van der Waals surface area contributed by atoms with Crippen LogP contribution in [0.3, 0.4) is 0 Å². The van der Waals surface area contributed by atoms with E-state index in [1.165, 1.54) is 11.6 Å². The van der Waals surface area contributed by atoms with E-state index in [0.717, 1.165) is 30.5 Å². The zero-order valence-electron chi connectivity index (χ0n) is 13.7. The van der Waals surface area contributed by atoms with Gasteiger partial charge in [0.2, 0.25) is 0 Å². The molecular weight excluding hydrogens is 298 g/mol. The van der Waals surface area contributed by atoms with Gasteiger partial charge in [0.25, 0.3) is 0 Å². The molecule has 0 spiro atoms. The maximum atomic E-state index is 13.6. The number of aliphatic hydroxyl groups excluding tert-OH is 1. The van der Waals surface area contributed by atoms with Crippen molar-refractivity contribution >= 4 is 5.57 Å². The van der Waals surface area contributed by atoms with Gasteiger partial charge in [-0.15, -0.1) is 0 Å². The van der Waals surface area contributed by atoms with Crippen LogP contribution in [0.4, 0.5) is 8.78 Å². The van der Waals surface area contributed by atoms with Gasteiger partial charge in [-0.05, 0) is 54.4 Å². The maximum Gasteiger partial charge on any atom is 0.182 e. The van der Waals surface area contributed by atoms with Gasteiger partial charge < -0.3 is 9.84 Å². The SMILES string of the molecule is CC1=CCC(C)(C2=C(c3ccc(F)c(F)c3)C(O)OC2)C(C)C1. The van der Waals surface area contributed by atoms with Crippen LogP contribution in [0.5, 0.6) is 0 Å². The Morgan fingerprint density at radius 1 is 1.26 bits per heavy atom. The molecule has 1 aromatic rings. The lowest BCUT2D eigenvalue weighted by Crippen LogP contribution is -2.31. The number of benzene rings is 1. The lowest BCUT2D eigenvalue weighted by Gasteiger charge is -2.40. The lowest BCUT2D eigenvalue weighted by molar-refractivity contribution is -0.0355. The third-order valence-electron chi connectivity index (χ3n) is 5.47. The van der Waals surface area contributed by atoms with Crippen molar-refractivity contribution in [2.24, 2.45) is 11.3 Å². The van der Waals surface area contributed by atoms with Gasteiger partial charge in [-0.1, -0.05) is 31.6 Å². The normalized spacial score (nSPS) is 31.5. The first kappa shape index (κ1) is 16.3. The number of rotatable bonds is 2. The summed E-state index contributed by atoms with van der Waals surface area (Å²) in [4.78, 5) is 0. The van der Waals surface area contributed by atoms with Crippen LogP contribution in [0.2, 0.25) is 0 Å². The topological polar surface area (TPSA) is 29.5 Å². The van der Waals surface area contributed by atoms with Crippen molar-refractivity contribution in [2.75, 3.05) is 6.61 Å². The van der Waals surface area contributed by atoms with E-state index < -0.39 is 17.9 Å². The lowest BCUT2D eigenvalue weighted by atomic mass is 9.64. The molecule has 0 fully saturated rings. The minimum absolute atomic E-state index is 0.156. The van der Waals surface area contributed by atoms with Crippen LogP contribution in [0.15, 0.2) is 35.4 Å². The van der Waals surface area contributed by atoms with Gasteiger partial charge in [-0.25, -0.2) is 8.78 Å². The smallest absolute Gasteiger partial charge is 0.182 e. The number of halogens is 2. The summed E-state index contributed by atoms with van der Waals surface area (Å²) >= 11 is 0. The second-order valence-electron chi connectivity index (χ2n) is 6.96. The number of aliphatic hydroxyl groups is 1. The molecule has 0 bridgehead atoms. The molecule has 1 heterocycles. The van der Waals surface area contributed by atoms with Gasteiger partial charge >= 0.3 is 0 Å². The molecule has 23 heavy (non-hydrogen) atoms. The second kappa shape index (κ2) is 5.84. The van der Waals surface area contributed by atoms with Crippen LogP contribution in [-0.2, 0) is 4.74 Å². The number of allylic oxidation sites excluding steroid dienone is 2. The molecule has 2 nitrogen and oxygen atoms in total. The predicted octanol–water partition coefficient (Wildman–Crippen LogP) is 4.45. The largest absolute Gasteiger partial charge is 0.364 e. The average Bonchev–Trinajstić information content (AvgIpc) is 2.89. The Morgan fingerprint density at radius 2 is 2.00 bits per heavy atom. The third kappa shape index (κ3) is 2.74. The van der Waals surface area contributed by atoms with Crippen LogP contribution < -0.4 is 0 Å². The predicted molar refractivity (Wildman–Crippen MR) is 85.5 cm³/mol. The van der Waals surface area contributed by atoms with Crippen molar-refractivity contribution in [3.05, 3.63) is 52.6 Å². The van der Waals surface area contributed by atoms with Gasteiger partial charge in [-0.3, -0.25) is 0 Å². The third-order valence-corrected chi connectivity index (χ3v) is 5.47. The second-order valence-corrected chi connectivity index (χ2v) is 6.96. The summed E-state index contributed by atoms with van der Waals surface area (Å²) in [6, 6.07) is 3.74. The molecule has 1 aliphatic heterocycles. The fraction of sp³-hybridized carbons (Fsp3) is 0.474. The number of hydrogen-bond donors (Lipinski definition) is 1. The molecule has 1 N–H and O–H groups in total. The standard InChI is InChI=1S/C19H22F2O2/c1-11-6-7-19(3,12(2)8-11)14-10-23-18(22)17(14)13-4-5-15(20)16(21)9-13/h4-6,9,12,18,22H,7-8,10H2,1-3H3. The Hall–Kier alpha value is -1.52. The molecule has 1 aromatic carbocycles. The van der Waals surface area contributed by atoms with Crippen LogP contribution >= 0.6 is 0 Å². The average molecular weight is 320 g/mol. The van der Waals surface area contributed by atoms with Crippen molar-refractivity contribution in [3.8, 4) is 0 Å². The molecule has 124 valence electrons. The molecule has 0 aromatic heterocycles. The highest BCUT2D eigenvalue weighted by atomic mass is 19.2. The van der Waals surface area contributed by atoms with E-state index >= 15 is 0 Å². The fourth-order valence-corrected chi connectivity index (χ4v) is 3.73. The molecule has 0 saturated carbocycles. The number of ether oxygens (including phenoxy) is 1. The molecule has 3 atom stereocenters. The van der Waals surface area contributed by atoms with E-state index in [-0.39, 0.29) is 5.41 Å². The molecule has 3 rings (SSSR count). The van der Waals surface area contributed by atoms with Crippen molar-refractivity contribution in [2.45, 2.75) is 39.9 Å². The van der Waals surface area contributed by atoms with Gasteiger partial charge in [0.1, 0.15) is 0 Å². The quantitative estimate of drug-likeness (QED) is 0.816. The van der Waals surface area contributed by atoms with Crippen LogP contribution in [0.1, 0.15) is 39.2 Å². The van der Waals surface area contributed by atoms with E-state index in [0.29, 0.717) is 23.7 Å². The highest BCUT2D eigenvalue weighted by Crippen LogP contribution is 2.50. The highest BCUT2D eigenvalue weighted by molar-refractivity contribution is 5.74. The van der Waals surface area contributed by atoms with Crippen LogP contribution in [0.25, 0.3) is 5.57 Å². The molecule has 2 aliphatic rings. The van der Waals surface area contributed by atoms with Crippen molar-refractivity contribution in [1.82, 2.24) is 0 Å². The van der Waals surface area contributed by atoms with E-state index in [4.69, 9.17) is 4.74 Å². The maximum absolute atomic E-state index is 13.6. The Morgan fingerprint density at radius 3 is 2.65 bits per heavy atom. The van der Waals surface area contributed by atoms with Crippen LogP contribution in [-0.4, -0.2) is 18.0 Å². The van der Waals surface area contributed by atoms with Gasteiger partial charge in [0.05, 0.1) is 6.61 Å². The summed E-state index contributed by atoms with van der Waals surface area (Å²) in [6.07, 6.45) is 2.98. The first-order valence-corrected chi connectivity index (χ1v) is 7.97. The first-order valence-electron chi connectivity index (χ1n) is 7.97. The summed E-state index contributed by atoms with van der Waals surface area (Å²) in [6.45, 7) is 6.80. The summed E-state index contributed by atoms with van der Waals surface area (Å²) < 4.78 is 32.3. The van der Waals surface area contributed by atoms with Crippen LogP contribution in [0, 0.1) is 23.0 Å². The Labute approximate surface area is 135 Å². The monoisotopic (exact) mass is 320 g/mol. The minimum atomic E-state index is -1.09. The van der Waals surface area contributed by atoms with E-state index in [9.17, 15) is 13.9 Å². The number of hydrogen-bond acceptors (Lipinski definition) is 2. The molecule has 3 unspecified atom stereocenters. The van der Waals surface area contributed by atoms with Crippen molar-refractivity contribution in [3.63, 3.8) is 0 Å². The van der Waals surface area contributed by atoms with Gasteiger partial charge in [-0.2, -0.15) is 0 Å². The van der Waals surface area contributed by atoms with Crippen molar-refractivity contribution in [1.29, 1.82) is 0 Å². The summed E-state index contributed by atoms with van der Waals surface area (Å²) in [5.41, 5.74) is 3.28. The Bertz CT molecular complexity index is 693. The molecule has 0 radical (unpaired) electrons. The molecule has 4 heteroatoms. The van der Waals surface area contributed by atoms with E-state index in [1.807, 2.05) is 0 Å². The molecule has 0 amide bonds. The zero-order valence-corrected chi connectivity index (χ0v) is 13.7. The van der Waals surface area contributed by atoms with Crippen molar-refractivity contribution < 1.29 is 18.6 Å². The summed E-state index contributed by atoms with van der Waals surface area (Å²) in [5, 5.41) is 10.2. The Balaban J connectivity index is 2.11. The highest BCUT2D eigenvalue weighted by Gasteiger charge is 2.42. The molecule has 1 aliphatic carbocycles. The van der Waals surface area contributed by atoms with E-state index in [1.54, 1.807) is 0 Å². The first-order chi connectivity index (χ1) is 10.8. The Kier molecular flexibility index (Phi) is 4.15. The minimum Gasteiger partial charge on any atom is -0.364 e. The van der Waals surface area contributed by atoms with Gasteiger partial charge in [0, 0.05) is 5.57 Å². The fourth-order valence-electron chi connectivity index (χ4n) is 3.73. The molecule has 0 saturated heterocycles.